The highest BCUT2D eigenvalue weighted by molar-refractivity contribution is 7.14. The van der Waals surface area contributed by atoms with Gasteiger partial charge in [-0.2, -0.15) is 0 Å². The molecular weight excluding hydrogens is 454 g/mol. The standard InChI is InChI=1S/C29H29N3O2S/c1-19-9-8-18-32(29(34)28-27(31-20(2)35-28)22-10-4-3-5-11-22)24(19)15-16-25(33)23-14-6-12-21-13-7-17-30-26(21)23/h3-7,10-14,17,19,24H,8-9,15-16,18H2,1-2H3/t19-,24?/m1/s1. The lowest BCUT2D eigenvalue weighted by molar-refractivity contribution is 0.0493. The smallest absolute Gasteiger partial charge is 0.266 e. The van der Waals surface area contributed by atoms with Crippen molar-refractivity contribution in [2.75, 3.05) is 6.54 Å². The number of fused-ring (bicyclic) bond motifs is 1. The molecule has 1 amide bonds. The highest BCUT2D eigenvalue weighted by Gasteiger charge is 2.34. The number of piperidine rings is 1. The molecule has 35 heavy (non-hydrogen) atoms. The van der Waals surface area contributed by atoms with Crippen molar-refractivity contribution in [2.24, 2.45) is 5.92 Å². The van der Waals surface area contributed by atoms with E-state index in [0.717, 1.165) is 40.0 Å². The molecule has 0 N–H and O–H groups in total. The number of amides is 1. The summed E-state index contributed by atoms with van der Waals surface area (Å²) in [5.41, 5.74) is 3.12. The molecule has 2 aromatic heterocycles. The van der Waals surface area contributed by atoms with Crippen molar-refractivity contribution in [1.82, 2.24) is 14.9 Å². The minimum atomic E-state index is 0.0224. The summed E-state index contributed by atoms with van der Waals surface area (Å²) in [6, 6.07) is 19.5. The number of Topliss-reactive ketones (excluding diaryl/α,β-unsaturated/α-hetero) is 1. The topological polar surface area (TPSA) is 63.2 Å². The van der Waals surface area contributed by atoms with Crippen molar-refractivity contribution >= 4 is 33.9 Å². The average Bonchev–Trinajstić information content (AvgIpc) is 3.29. The number of likely N-dealkylation sites (tertiary alicyclic amines) is 1. The third-order valence-electron chi connectivity index (χ3n) is 6.95. The lowest BCUT2D eigenvalue weighted by Gasteiger charge is -2.40. The number of rotatable bonds is 6. The van der Waals surface area contributed by atoms with E-state index in [1.54, 1.807) is 6.20 Å². The number of ketones is 1. The van der Waals surface area contributed by atoms with Gasteiger partial charge in [0.2, 0.25) is 0 Å². The van der Waals surface area contributed by atoms with Crippen LogP contribution in [0.4, 0.5) is 0 Å². The van der Waals surface area contributed by atoms with Gasteiger partial charge in [0.15, 0.2) is 5.78 Å². The molecule has 5 nitrogen and oxygen atoms in total. The summed E-state index contributed by atoms with van der Waals surface area (Å²) in [5, 5.41) is 1.85. The Morgan fingerprint density at radius 2 is 1.86 bits per heavy atom. The number of carbonyl (C=O) groups is 2. The van der Waals surface area contributed by atoms with Gasteiger partial charge in [0.25, 0.3) is 5.91 Å². The van der Waals surface area contributed by atoms with Crippen LogP contribution < -0.4 is 0 Å². The average molecular weight is 484 g/mol. The predicted molar refractivity (Wildman–Crippen MR) is 141 cm³/mol. The largest absolute Gasteiger partial charge is 0.335 e. The van der Waals surface area contributed by atoms with Crippen LogP contribution in [-0.4, -0.2) is 39.1 Å². The van der Waals surface area contributed by atoms with E-state index in [-0.39, 0.29) is 17.7 Å². The summed E-state index contributed by atoms with van der Waals surface area (Å²) in [5.74, 6) is 0.448. The van der Waals surface area contributed by atoms with Crippen molar-refractivity contribution < 1.29 is 9.59 Å². The van der Waals surface area contributed by atoms with Gasteiger partial charge in [0.1, 0.15) is 4.88 Å². The molecule has 1 saturated heterocycles. The maximum Gasteiger partial charge on any atom is 0.266 e. The minimum Gasteiger partial charge on any atom is -0.335 e. The van der Waals surface area contributed by atoms with Gasteiger partial charge in [-0.3, -0.25) is 14.6 Å². The number of aromatic nitrogens is 2. The number of thiazole rings is 1. The fourth-order valence-corrected chi connectivity index (χ4v) is 6.08. The zero-order valence-electron chi connectivity index (χ0n) is 20.1. The summed E-state index contributed by atoms with van der Waals surface area (Å²) < 4.78 is 0. The molecule has 3 heterocycles. The molecule has 0 saturated carbocycles. The number of hydrogen-bond donors (Lipinski definition) is 0. The normalized spacial score (nSPS) is 18.1. The fraction of sp³-hybridized carbons (Fsp3) is 0.310. The third kappa shape index (κ3) is 4.76. The van der Waals surface area contributed by atoms with Crippen LogP contribution in [0.25, 0.3) is 22.2 Å². The first-order valence-electron chi connectivity index (χ1n) is 12.2. The van der Waals surface area contributed by atoms with Crippen LogP contribution in [0.3, 0.4) is 0 Å². The number of carbonyl (C=O) groups excluding carboxylic acids is 2. The fourth-order valence-electron chi connectivity index (χ4n) is 5.18. The van der Waals surface area contributed by atoms with Gasteiger partial charge < -0.3 is 4.90 Å². The van der Waals surface area contributed by atoms with E-state index < -0.39 is 0 Å². The number of benzene rings is 2. The molecular formula is C29H29N3O2S. The van der Waals surface area contributed by atoms with Gasteiger partial charge in [0, 0.05) is 41.7 Å². The lowest BCUT2D eigenvalue weighted by atomic mass is 9.86. The Balaban J connectivity index is 1.38. The zero-order valence-corrected chi connectivity index (χ0v) is 20.9. The summed E-state index contributed by atoms with van der Waals surface area (Å²) in [7, 11) is 0. The Kier molecular flexibility index (Phi) is 6.73. The Morgan fingerprint density at radius 1 is 1.06 bits per heavy atom. The Hall–Kier alpha value is -3.38. The van der Waals surface area contributed by atoms with Crippen LogP contribution >= 0.6 is 11.3 Å². The van der Waals surface area contributed by atoms with Crippen LogP contribution in [0.15, 0.2) is 66.9 Å². The van der Waals surface area contributed by atoms with Crippen LogP contribution in [0.1, 0.15) is 57.6 Å². The molecule has 2 atom stereocenters. The van der Waals surface area contributed by atoms with Gasteiger partial charge >= 0.3 is 0 Å². The number of nitrogens with zero attached hydrogens (tertiary/aromatic N) is 3. The SMILES string of the molecule is Cc1nc(-c2ccccc2)c(C(=O)N2CCC[C@@H](C)C2CCC(=O)c2cccc3cccnc23)s1. The molecule has 4 aromatic rings. The first-order chi connectivity index (χ1) is 17.0. The number of pyridine rings is 1. The van der Waals surface area contributed by atoms with E-state index >= 15 is 0 Å². The maximum atomic E-state index is 13.9. The highest BCUT2D eigenvalue weighted by atomic mass is 32.1. The molecule has 1 aliphatic heterocycles. The van der Waals surface area contributed by atoms with E-state index in [2.05, 4.69) is 11.9 Å². The van der Waals surface area contributed by atoms with Crippen molar-refractivity contribution in [3.05, 3.63) is 82.3 Å². The third-order valence-corrected chi connectivity index (χ3v) is 7.91. The molecule has 5 rings (SSSR count). The minimum absolute atomic E-state index is 0.0224. The molecule has 0 bridgehead atoms. The summed E-state index contributed by atoms with van der Waals surface area (Å²) >= 11 is 1.46. The predicted octanol–water partition coefficient (Wildman–Crippen LogP) is 6.57. The molecule has 0 radical (unpaired) electrons. The van der Waals surface area contributed by atoms with E-state index in [1.807, 2.05) is 72.5 Å². The number of aryl methyl sites for hydroxylation is 1. The van der Waals surface area contributed by atoms with E-state index in [1.165, 1.54) is 11.3 Å². The second-order valence-electron chi connectivity index (χ2n) is 9.30. The lowest BCUT2D eigenvalue weighted by Crippen LogP contribution is -2.47. The first kappa shape index (κ1) is 23.4. The Bertz CT molecular complexity index is 1360. The van der Waals surface area contributed by atoms with Gasteiger partial charge in [-0.1, -0.05) is 55.5 Å². The van der Waals surface area contributed by atoms with Gasteiger partial charge in [-0.15, -0.1) is 11.3 Å². The van der Waals surface area contributed by atoms with E-state index in [4.69, 9.17) is 4.98 Å². The van der Waals surface area contributed by atoms with Crippen LogP contribution in [0.5, 0.6) is 0 Å². The molecule has 178 valence electrons. The second kappa shape index (κ2) is 10.1. The molecule has 0 spiro atoms. The van der Waals surface area contributed by atoms with Gasteiger partial charge in [-0.05, 0) is 44.2 Å². The number of hydrogen-bond acceptors (Lipinski definition) is 5. The Morgan fingerprint density at radius 3 is 2.69 bits per heavy atom. The summed E-state index contributed by atoms with van der Waals surface area (Å²) in [6.45, 7) is 4.86. The van der Waals surface area contributed by atoms with Crippen molar-refractivity contribution in [2.45, 2.75) is 45.6 Å². The second-order valence-corrected chi connectivity index (χ2v) is 10.5. The Labute approximate surface area is 209 Å². The summed E-state index contributed by atoms with van der Waals surface area (Å²) in [6.07, 6.45) is 4.80. The highest BCUT2D eigenvalue weighted by Crippen LogP contribution is 2.34. The van der Waals surface area contributed by atoms with Crippen LogP contribution in [-0.2, 0) is 0 Å². The van der Waals surface area contributed by atoms with E-state index in [0.29, 0.717) is 35.7 Å². The maximum absolute atomic E-state index is 13.9. The van der Waals surface area contributed by atoms with Crippen LogP contribution in [0.2, 0.25) is 0 Å². The van der Waals surface area contributed by atoms with E-state index in [9.17, 15) is 9.59 Å². The molecule has 0 aliphatic carbocycles. The zero-order chi connectivity index (χ0) is 24.4. The first-order valence-corrected chi connectivity index (χ1v) is 13.1. The molecule has 1 aliphatic rings. The van der Waals surface area contributed by atoms with Crippen molar-refractivity contribution in [3.8, 4) is 11.3 Å². The van der Waals surface area contributed by atoms with Crippen molar-refractivity contribution in [3.63, 3.8) is 0 Å². The monoisotopic (exact) mass is 483 g/mol. The molecule has 1 fully saturated rings. The van der Waals surface area contributed by atoms with Gasteiger partial charge in [-0.25, -0.2) is 4.98 Å². The quantitative estimate of drug-likeness (QED) is 0.291. The summed E-state index contributed by atoms with van der Waals surface area (Å²) in [4.78, 5) is 38.9. The molecule has 6 heteroatoms. The molecule has 2 aromatic carbocycles. The number of para-hydroxylation sites is 1. The van der Waals surface area contributed by atoms with Gasteiger partial charge in [0.05, 0.1) is 16.2 Å². The molecule has 1 unspecified atom stereocenters. The van der Waals surface area contributed by atoms with Crippen LogP contribution in [0, 0.1) is 12.8 Å². The van der Waals surface area contributed by atoms with Crippen molar-refractivity contribution in [1.29, 1.82) is 0 Å².